The standard InChI is InChI=1S/C16H16IN3O3/c17-11-3-1-10(2-4-11)15-13-8-19(16(21)22)6-5-14(13)20(18-15)7-12-9-23-12/h1-4,12H,5-9H2,(H,21,22). The van der Waals surface area contributed by atoms with Crippen molar-refractivity contribution in [2.24, 2.45) is 0 Å². The third-order valence-corrected chi connectivity index (χ3v) is 5.02. The van der Waals surface area contributed by atoms with Crippen molar-refractivity contribution in [2.75, 3.05) is 13.2 Å². The molecule has 2 aliphatic rings. The van der Waals surface area contributed by atoms with Crippen LogP contribution in [0.25, 0.3) is 11.3 Å². The molecule has 7 heteroatoms. The molecular formula is C16H16IN3O3. The molecule has 120 valence electrons. The van der Waals surface area contributed by atoms with Gasteiger partial charge in [-0.25, -0.2) is 4.79 Å². The number of carboxylic acid groups (broad SMARTS) is 1. The predicted octanol–water partition coefficient (Wildman–Crippen LogP) is 2.59. The van der Waals surface area contributed by atoms with Gasteiger partial charge in [0.05, 0.1) is 25.4 Å². The lowest BCUT2D eigenvalue weighted by Gasteiger charge is -2.25. The Morgan fingerprint density at radius 2 is 2.13 bits per heavy atom. The Balaban J connectivity index is 1.76. The Bertz CT molecular complexity index is 753. The molecule has 2 aliphatic heterocycles. The van der Waals surface area contributed by atoms with E-state index in [1.807, 2.05) is 28.9 Å². The molecule has 0 aliphatic carbocycles. The summed E-state index contributed by atoms with van der Waals surface area (Å²) in [5, 5.41) is 14.1. The minimum Gasteiger partial charge on any atom is -0.465 e. The highest BCUT2D eigenvalue weighted by Gasteiger charge is 2.31. The number of amides is 1. The van der Waals surface area contributed by atoms with Crippen molar-refractivity contribution < 1.29 is 14.6 Å². The van der Waals surface area contributed by atoms with Crippen LogP contribution in [0.3, 0.4) is 0 Å². The molecule has 3 heterocycles. The van der Waals surface area contributed by atoms with Crippen LogP contribution in [0.15, 0.2) is 24.3 Å². The molecule has 1 aromatic carbocycles. The van der Waals surface area contributed by atoms with Gasteiger partial charge in [0.15, 0.2) is 0 Å². The second kappa shape index (κ2) is 5.79. The van der Waals surface area contributed by atoms with Gasteiger partial charge in [-0.15, -0.1) is 0 Å². The van der Waals surface area contributed by atoms with Gasteiger partial charge in [0.1, 0.15) is 6.10 Å². The minimum atomic E-state index is -0.873. The van der Waals surface area contributed by atoms with Crippen molar-refractivity contribution >= 4 is 28.7 Å². The second-order valence-electron chi connectivity index (χ2n) is 5.87. The number of halogens is 1. The lowest BCUT2D eigenvalue weighted by atomic mass is 10.0. The SMILES string of the molecule is O=C(O)N1CCc2c(c(-c3ccc(I)cc3)nn2CC2CO2)C1. The minimum absolute atomic E-state index is 0.251. The largest absolute Gasteiger partial charge is 0.465 e. The van der Waals surface area contributed by atoms with Crippen molar-refractivity contribution in [1.82, 2.24) is 14.7 Å². The number of rotatable bonds is 3. The van der Waals surface area contributed by atoms with Gasteiger partial charge in [0.25, 0.3) is 0 Å². The van der Waals surface area contributed by atoms with Crippen LogP contribution in [0.4, 0.5) is 4.79 Å². The average molecular weight is 425 g/mol. The number of benzene rings is 1. The molecule has 6 nitrogen and oxygen atoms in total. The monoisotopic (exact) mass is 425 g/mol. The van der Waals surface area contributed by atoms with E-state index in [0.717, 1.165) is 39.2 Å². The van der Waals surface area contributed by atoms with Crippen molar-refractivity contribution in [3.05, 3.63) is 39.1 Å². The number of hydrogen-bond donors (Lipinski definition) is 1. The third-order valence-electron chi connectivity index (χ3n) is 4.30. The fraction of sp³-hybridized carbons (Fsp3) is 0.375. The van der Waals surface area contributed by atoms with E-state index in [1.165, 1.54) is 4.90 Å². The molecule has 1 atom stereocenters. The number of hydrogen-bond acceptors (Lipinski definition) is 3. The van der Waals surface area contributed by atoms with Gasteiger partial charge in [-0.05, 0) is 34.7 Å². The molecule has 1 saturated heterocycles. The van der Waals surface area contributed by atoms with Gasteiger partial charge < -0.3 is 14.7 Å². The zero-order valence-electron chi connectivity index (χ0n) is 12.4. The summed E-state index contributed by atoms with van der Waals surface area (Å²) in [4.78, 5) is 12.8. The zero-order valence-corrected chi connectivity index (χ0v) is 14.6. The summed E-state index contributed by atoms with van der Waals surface area (Å²) in [5.74, 6) is 0. The van der Waals surface area contributed by atoms with Gasteiger partial charge in [-0.2, -0.15) is 5.10 Å². The molecule has 0 saturated carbocycles. The van der Waals surface area contributed by atoms with Gasteiger partial charge in [0.2, 0.25) is 0 Å². The highest BCUT2D eigenvalue weighted by atomic mass is 127. The number of nitrogens with zero attached hydrogens (tertiary/aromatic N) is 3. The van der Waals surface area contributed by atoms with Gasteiger partial charge in [0, 0.05) is 33.4 Å². The summed E-state index contributed by atoms with van der Waals surface area (Å²) >= 11 is 2.27. The second-order valence-corrected chi connectivity index (χ2v) is 7.12. The summed E-state index contributed by atoms with van der Waals surface area (Å²) < 4.78 is 8.51. The van der Waals surface area contributed by atoms with Crippen molar-refractivity contribution in [3.8, 4) is 11.3 Å². The summed E-state index contributed by atoms with van der Waals surface area (Å²) in [5.41, 5.74) is 4.10. The van der Waals surface area contributed by atoms with Crippen LogP contribution in [-0.2, 0) is 24.2 Å². The van der Waals surface area contributed by atoms with Crippen LogP contribution in [0.1, 0.15) is 11.3 Å². The summed E-state index contributed by atoms with van der Waals surface area (Å²) in [6.07, 6.45) is 0.0784. The Hall–Kier alpha value is -1.61. The fourth-order valence-electron chi connectivity index (χ4n) is 3.01. The average Bonchev–Trinajstić information content (AvgIpc) is 3.29. The smallest absolute Gasteiger partial charge is 0.407 e. The highest BCUT2D eigenvalue weighted by Crippen LogP contribution is 2.31. The maximum Gasteiger partial charge on any atom is 0.407 e. The summed E-state index contributed by atoms with van der Waals surface area (Å²) in [6, 6.07) is 8.18. The molecule has 2 aromatic rings. The zero-order chi connectivity index (χ0) is 16.0. The summed E-state index contributed by atoms with van der Waals surface area (Å²) in [7, 11) is 0. The van der Waals surface area contributed by atoms with E-state index in [1.54, 1.807) is 0 Å². The van der Waals surface area contributed by atoms with E-state index in [0.29, 0.717) is 19.5 Å². The Labute approximate surface area is 147 Å². The van der Waals surface area contributed by atoms with Crippen molar-refractivity contribution in [1.29, 1.82) is 0 Å². The first-order chi connectivity index (χ1) is 11.1. The number of fused-ring (bicyclic) bond motifs is 1. The van der Waals surface area contributed by atoms with Gasteiger partial charge >= 0.3 is 6.09 Å². The van der Waals surface area contributed by atoms with E-state index in [-0.39, 0.29) is 6.10 Å². The van der Waals surface area contributed by atoms with E-state index in [2.05, 4.69) is 22.6 Å². The van der Waals surface area contributed by atoms with Crippen LogP contribution < -0.4 is 0 Å². The Morgan fingerprint density at radius 1 is 1.39 bits per heavy atom. The van der Waals surface area contributed by atoms with Gasteiger partial charge in [-0.1, -0.05) is 12.1 Å². The van der Waals surface area contributed by atoms with E-state index < -0.39 is 6.09 Å². The fourth-order valence-corrected chi connectivity index (χ4v) is 3.37. The van der Waals surface area contributed by atoms with E-state index >= 15 is 0 Å². The molecule has 1 amide bonds. The first kappa shape index (κ1) is 14.9. The molecule has 4 rings (SSSR count). The molecule has 0 spiro atoms. The van der Waals surface area contributed by atoms with Gasteiger partial charge in [-0.3, -0.25) is 4.68 Å². The molecule has 1 unspecified atom stereocenters. The third kappa shape index (κ3) is 2.94. The van der Waals surface area contributed by atoms with E-state index in [9.17, 15) is 9.90 Å². The number of aromatic nitrogens is 2. The molecular weight excluding hydrogens is 409 g/mol. The van der Waals surface area contributed by atoms with Crippen LogP contribution >= 0.6 is 22.6 Å². The predicted molar refractivity (Wildman–Crippen MR) is 92.3 cm³/mol. The van der Waals surface area contributed by atoms with Crippen molar-refractivity contribution in [2.45, 2.75) is 25.6 Å². The van der Waals surface area contributed by atoms with Crippen LogP contribution in [-0.4, -0.2) is 45.1 Å². The molecule has 1 N–H and O–H groups in total. The van der Waals surface area contributed by atoms with Crippen LogP contribution in [0, 0.1) is 3.57 Å². The molecule has 0 radical (unpaired) electrons. The number of carbonyl (C=O) groups is 1. The lowest BCUT2D eigenvalue weighted by Crippen LogP contribution is -2.35. The van der Waals surface area contributed by atoms with Crippen LogP contribution in [0.5, 0.6) is 0 Å². The molecule has 23 heavy (non-hydrogen) atoms. The first-order valence-electron chi connectivity index (χ1n) is 7.56. The van der Waals surface area contributed by atoms with E-state index in [4.69, 9.17) is 9.84 Å². The quantitative estimate of drug-likeness (QED) is 0.607. The maximum atomic E-state index is 11.3. The molecule has 1 fully saturated rings. The first-order valence-corrected chi connectivity index (χ1v) is 8.63. The number of epoxide rings is 1. The molecule has 1 aromatic heterocycles. The topological polar surface area (TPSA) is 70.9 Å². The lowest BCUT2D eigenvalue weighted by molar-refractivity contribution is 0.139. The summed E-state index contributed by atoms with van der Waals surface area (Å²) in [6.45, 7) is 2.46. The maximum absolute atomic E-state index is 11.3. The number of ether oxygens (including phenoxy) is 1. The molecule has 0 bridgehead atoms. The van der Waals surface area contributed by atoms with Crippen molar-refractivity contribution in [3.63, 3.8) is 0 Å². The Morgan fingerprint density at radius 3 is 2.78 bits per heavy atom. The highest BCUT2D eigenvalue weighted by molar-refractivity contribution is 14.1. The normalized spacial score (nSPS) is 19.5. The Kier molecular flexibility index (Phi) is 3.76. The van der Waals surface area contributed by atoms with Crippen LogP contribution in [0.2, 0.25) is 0 Å².